The van der Waals surface area contributed by atoms with Gasteiger partial charge in [0.25, 0.3) is 0 Å². The number of rotatable bonds is 4. The van der Waals surface area contributed by atoms with Crippen LogP contribution in [0.15, 0.2) is 18.2 Å². The molecule has 8 nitrogen and oxygen atoms in total. The number of hydrogen-bond acceptors (Lipinski definition) is 7. The van der Waals surface area contributed by atoms with E-state index in [-0.39, 0.29) is 41.5 Å². The van der Waals surface area contributed by atoms with Crippen LogP contribution in [0.2, 0.25) is 0 Å². The Morgan fingerprint density at radius 3 is 2.66 bits per heavy atom. The minimum atomic E-state index is -0.363. The summed E-state index contributed by atoms with van der Waals surface area (Å²) >= 11 is 0. The molecule has 0 spiro atoms. The molecule has 1 saturated heterocycles. The van der Waals surface area contributed by atoms with Gasteiger partial charge in [0.2, 0.25) is 0 Å². The minimum Gasteiger partial charge on any atom is -0.469 e. The fourth-order valence-electron chi connectivity index (χ4n) is 6.86. The number of esters is 1. The van der Waals surface area contributed by atoms with Crippen molar-refractivity contribution in [3.05, 3.63) is 23.8 Å². The maximum Gasteiger partial charge on any atom is 0.410 e. The summed E-state index contributed by atoms with van der Waals surface area (Å²) in [7, 11) is 1.47. The zero-order chi connectivity index (χ0) is 22.5. The van der Waals surface area contributed by atoms with Crippen LogP contribution in [0.4, 0.5) is 16.2 Å². The number of amides is 1. The van der Waals surface area contributed by atoms with E-state index in [0.29, 0.717) is 30.3 Å². The van der Waals surface area contributed by atoms with Crippen molar-refractivity contribution in [2.24, 2.45) is 23.2 Å². The Morgan fingerprint density at radius 1 is 1.25 bits per heavy atom. The molecule has 0 aromatic heterocycles. The number of hydrogen-bond donors (Lipinski definition) is 2. The summed E-state index contributed by atoms with van der Waals surface area (Å²) in [5.74, 6) is 0.954. The molecular formula is C24H30N4O4. The molecule has 4 bridgehead atoms. The number of ether oxygens (including phenoxy) is 2. The van der Waals surface area contributed by atoms with Crippen LogP contribution in [0.1, 0.15) is 44.1 Å². The molecule has 4 aliphatic carbocycles. The van der Waals surface area contributed by atoms with E-state index in [1.807, 2.05) is 0 Å². The Labute approximate surface area is 188 Å². The van der Waals surface area contributed by atoms with E-state index in [1.54, 1.807) is 23.1 Å². The van der Waals surface area contributed by atoms with Gasteiger partial charge in [0.15, 0.2) is 0 Å². The molecule has 1 heterocycles. The van der Waals surface area contributed by atoms with E-state index in [4.69, 9.17) is 20.5 Å². The summed E-state index contributed by atoms with van der Waals surface area (Å²) in [6.45, 7) is 1.18. The van der Waals surface area contributed by atoms with E-state index in [0.717, 1.165) is 44.2 Å². The van der Waals surface area contributed by atoms with E-state index < -0.39 is 0 Å². The van der Waals surface area contributed by atoms with Crippen molar-refractivity contribution in [1.29, 1.82) is 5.26 Å². The van der Waals surface area contributed by atoms with Crippen LogP contribution in [0, 0.1) is 34.5 Å². The summed E-state index contributed by atoms with van der Waals surface area (Å²) in [5, 5.41) is 12.4. The predicted molar refractivity (Wildman–Crippen MR) is 117 cm³/mol. The average Bonchev–Trinajstić information content (AvgIpc) is 3.25. The molecule has 170 valence electrons. The van der Waals surface area contributed by atoms with E-state index in [1.165, 1.54) is 7.11 Å². The Kier molecular flexibility index (Phi) is 5.15. The molecule has 1 amide bonds. The lowest BCUT2D eigenvalue weighted by molar-refractivity contribution is -0.182. The van der Waals surface area contributed by atoms with Gasteiger partial charge in [-0.15, -0.1) is 0 Å². The molecule has 3 atom stereocenters. The van der Waals surface area contributed by atoms with Crippen molar-refractivity contribution >= 4 is 23.4 Å². The number of nitriles is 1. The molecule has 0 radical (unpaired) electrons. The summed E-state index contributed by atoms with van der Waals surface area (Å²) in [5.41, 5.74) is 7.51. The van der Waals surface area contributed by atoms with Crippen molar-refractivity contribution in [3.8, 4) is 6.07 Å². The Balaban J connectivity index is 1.19. The number of carbonyl (C=O) groups excluding carboxylic acids is 2. The van der Waals surface area contributed by atoms with Crippen molar-refractivity contribution in [1.82, 2.24) is 4.90 Å². The van der Waals surface area contributed by atoms with Crippen LogP contribution in [0.3, 0.4) is 0 Å². The zero-order valence-electron chi connectivity index (χ0n) is 18.4. The molecule has 5 fully saturated rings. The molecule has 5 aliphatic rings. The highest BCUT2D eigenvalue weighted by Crippen LogP contribution is 2.61. The zero-order valence-corrected chi connectivity index (χ0v) is 18.4. The average molecular weight is 439 g/mol. The molecule has 8 heteroatoms. The predicted octanol–water partition coefficient (Wildman–Crippen LogP) is 3.13. The van der Waals surface area contributed by atoms with E-state index in [2.05, 4.69) is 11.4 Å². The fraction of sp³-hybridized carbons (Fsp3) is 0.625. The number of nitrogens with zero attached hydrogens (tertiary/aromatic N) is 2. The molecule has 1 aromatic rings. The van der Waals surface area contributed by atoms with Crippen LogP contribution >= 0.6 is 0 Å². The lowest BCUT2D eigenvalue weighted by Gasteiger charge is -2.57. The Morgan fingerprint density at radius 2 is 2.00 bits per heavy atom. The van der Waals surface area contributed by atoms with Gasteiger partial charge in [0.05, 0.1) is 35.5 Å². The van der Waals surface area contributed by atoms with Gasteiger partial charge in [0.1, 0.15) is 6.10 Å². The van der Waals surface area contributed by atoms with Crippen molar-refractivity contribution in [3.63, 3.8) is 0 Å². The molecule has 3 N–H and O–H groups in total. The summed E-state index contributed by atoms with van der Waals surface area (Å²) < 4.78 is 11.2. The van der Waals surface area contributed by atoms with Crippen molar-refractivity contribution in [2.45, 2.75) is 50.7 Å². The van der Waals surface area contributed by atoms with Gasteiger partial charge in [0, 0.05) is 19.1 Å². The highest BCUT2D eigenvalue weighted by atomic mass is 16.6. The number of carbonyl (C=O) groups is 2. The monoisotopic (exact) mass is 438 g/mol. The topological polar surface area (TPSA) is 118 Å². The van der Waals surface area contributed by atoms with E-state index in [9.17, 15) is 9.59 Å². The van der Waals surface area contributed by atoms with Crippen molar-refractivity contribution < 1.29 is 19.1 Å². The quantitative estimate of drug-likeness (QED) is 0.548. The molecule has 1 aromatic carbocycles. The third-order valence-corrected chi connectivity index (χ3v) is 8.03. The number of nitrogens with two attached hydrogens (primary N) is 1. The standard InChI is InChI=1S/C24H30N4O4/c1-31-22(29)24-9-15-6-16(10-24)21(17(7-15)11-24)32-23(30)28-5-4-18(13-28)27-20-3-2-14(12-25)8-19(20)26/h2-3,8,15-18,21,27H,4-7,9-11,13,26H2,1H3. The highest BCUT2D eigenvalue weighted by molar-refractivity contribution is 5.77. The smallest absolute Gasteiger partial charge is 0.410 e. The second-order valence-electron chi connectivity index (χ2n) is 10.1. The van der Waals surface area contributed by atoms with Crippen LogP contribution in [-0.4, -0.2) is 49.3 Å². The highest BCUT2D eigenvalue weighted by Gasteiger charge is 2.60. The molecular weight excluding hydrogens is 408 g/mol. The first-order chi connectivity index (χ1) is 15.4. The van der Waals surface area contributed by atoms with Gasteiger partial charge in [-0.25, -0.2) is 4.79 Å². The third kappa shape index (κ3) is 3.54. The molecule has 4 saturated carbocycles. The summed E-state index contributed by atoms with van der Waals surface area (Å²) in [6, 6.07) is 7.35. The van der Waals surface area contributed by atoms with Gasteiger partial charge in [-0.05, 0) is 74.5 Å². The van der Waals surface area contributed by atoms with Crippen LogP contribution in [-0.2, 0) is 14.3 Å². The van der Waals surface area contributed by atoms with Crippen LogP contribution in [0.5, 0.6) is 0 Å². The largest absolute Gasteiger partial charge is 0.469 e. The molecule has 32 heavy (non-hydrogen) atoms. The number of nitrogen functional groups attached to an aromatic ring is 1. The first-order valence-corrected chi connectivity index (χ1v) is 11.5. The maximum atomic E-state index is 13.0. The van der Waals surface area contributed by atoms with Gasteiger partial charge in [-0.3, -0.25) is 4.79 Å². The lowest BCUT2D eigenvalue weighted by Crippen LogP contribution is -2.58. The normalized spacial score (nSPS) is 34.8. The van der Waals surface area contributed by atoms with Crippen LogP contribution < -0.4 is 11.1 Å². The third-order valence-electron chi connectivity index (χ3n) is 8.03. The van der Waals surface area contributed by atoms with E-state index >= 15 is 0 Å². The maximum absolute atomic E-state index is 13.0. The fourth-order valence-corrected chi connectivity index (χ4v) is 6.86. The van der Waals surface area contributed by atoms with Gasteiger partial charge < -0.3 is 25.4 Å². The molecule has 1 aliphatic heterocycles. The minimum absolute atomic E-state index is 0.0823. The van der Waals surface area contributed by atoms with Crippen LogP contribution in [0.25, 0.3) is 0 Å². The van der Waals surface area contributed by atoms with Gasteiger partial charge >= 0.3 is 12.1 Å². The van der Waals surface area contributed by atoms with Gasteiger partial charge in [-0.1, -0.05) is 0 Å². The summed E-state index contributed by atoms with van der Waals surface area (Å²) in [6.07, 6.45) is 4.99. The number of methoxy groups -OCH3 is 1. The molecule has 3 unspecified atom stereocenters. The second-order valence-corrected chi connectivity index (χ2v) is 10.1. The first kappa shape index (κ1) is 20.9. The van der Waals surface area contributed by atoms with Gasteiger partial charge in [-0.2, -0.15) is 5.26 Å². The number of anilines is 2. The lowest BCUT2D eigenvalue weighted by atomic mass is 9.48. The number of benzene rings is 1. The SMILES string of the molecule is COC(=O)C12CC3CC(C1)C(OC(=O)N1CCC(Nc4ccc(C#N)cc4N)C1)C(C3)C2. The van der Waals surface area contributed by atoms with Crippen molar-refractivity contribution in [2.75, 3.05) is 31.2 Å². The number of nitrogens with one attached hydrogen (secondary N) is 1. The Bertz CT molecular complexity index is 957. The Hall–Kier alpha value is -2.95. The number of likely N-dealkylation sites (tertiary alicyclic amines) is 1. The second kappa shape index (κ2) is 7.88. The summed E-state index contributed by atoms with van der Waals surface area (Å²) in [4.78, 5) is 27.2. The molecule has 6 rings (SSSR count). The first-order valence-electron chi connectivity index (χ1n) is 11.5.